The molecule has 15 heavy (non-hydrogen) atoms. The van der Waals surface area contributed by atoms with Gasteiger partial charge in [0.25, 0.3) is 0 Å². The van der Waals surface area contributed by atoms with E-state index in [4.69, 9.17) is 0 Å². The van der Waals surface area contributed by atoms with Gasteiger partial charge < -0.3 is 5.32 Å². The van der Waals surface area contributed by atoms with Crippen molar-refractivity contribution in [2.75, 3.05) is 13.1 Å². The number of nitrogens with one attached hydrogen (secondary N) is 1. The average Bonchev–Trinajstić information content (AvgIpc) is 2.34. The molecule has 1 aliphatic heterocycles. The highest BCUT2D eigenvalue weighted by atomic mass is 19.1. The molecule has 0 unspecified atom stereocenters. The van der Waals surface area contributed by atoms with Gasteiger partial charge in [-0.25, -0.2) is 4.39 Å². The van der Waals surface area contributed by atoms with Crippen molar-refractivity contribution in [3.05, 3.63) is 41.7 Å². The van der Waals surface area contributed by atoms with Crippen molar-refractivity contribution in [3.8, 4) is 0 Å². The fourth-order valence-electron chi connectivity index (χ4n) is 1.55. The Balaban J connectivity index is 0.000000531. The fraction of sp³-hybridized carbons (Fsp3) is 0.385. The van der Waals surface area contributed by atoms with Gasteiger partial charge >= 0.3 is 0 Å². The minimum absolute atomic E-state index is 0.168. The van der Waals surface area contributed by atoms with E-state index in [2.05, 4.69) is 11.4 Å². The summed E-state index contributed by atoms with van der Waals surface area (Å²) in [6.45, 7) is 5.94. The minimum atomic E-state index is -0.168. The Morgan fingerprint density at radius 1 is 1.13 bits per heavy atom. The molecule has 0 spiro atoms. The van der Waals surface area contributed by atoms with Crippen LogP contribution in [0.2, 0.25) is 0 Å². The molecule has 2 rings (SSSR count). The van der Waals surface area contributed by atoms with Gasteiger partial charge in [0, 0.05) is 6.54 Å². The molecule has 0 aromatic heterocycles. The predicted molar refractivity (Wildman–Crippen MR) is 63.2 cm³/mol. The van der Waals surface area contributed by atoms with Gasteiger partial charge in [0.1, 0.15) is 5.82 Å². The van der Waals surface area contributed by atoms with Gasteiger partial charge in [-0.2, -0.15) is 0 Å². The largest absolute Gasteiger partial charge is 0.313 e. The van der Waals surface area contributed by atoms with Gasteiger partial charge in [-0.3, -0.25) is 0 Å². The van der Waals surface area contributed by atoms with Crippen LogP contribution in [0.25, 0.3) is 5.57 Å². The Labute approximate surface area is 91.0 Å². The van der Waals surface area contributed by atoms with Crippen LogP contribution in [-0.2, 0) is 0 Å². The van der Waals surface area contributed by atoms with E-state index in [-0.39, 0.29) is 5.82 Å². The molecular formula is C13H18FN. The Hall–Kier alpha value is -1.15. The highest BCUT2D eigenvalue weighted by Crippen LogP contribution is 2.19. The van der Waals surface area contributed by atoms with Gasteiger partial charge in [-0.1, -0.05) is 32.1 Å². The van der Waals surface area contributed by atoms with Gasteiger partial charge in [-0.15, -0.1) is 0 Å². The van der Waals surface area contributed by atoms with Crippen molar-refractivity contribution < 1.29 is 4.39 Å². The molecule has 1 N–H and O–H groups in total. The highest BCUT2D eigenvalue weighted by Gasteiger charge is 2.04. The maximum Gasteiger partial charge on any atom is 0.123 e. The average molecular weight is 207 g/mol. The third-order valence-corrected chi connectivity index (χ3v) is 2.28. The molecule has 0 amide bonds. The summed E-state index contributed by atoms with van der Waals surface area (Å²) in [5.74, 6) is -0.168. The van der Waals surface area contributed by atoms with Crippen molar-refractivity contribution in [1.82, 2.24) is 5.32 Å². The van der Waals surface area contributed by atoms with E-state index >= 15 is 0 Å². The topological polar surface area (TPSA) is 12.0 Å². The number of benzene rings is 1. The van der Waals surface area contributed by atoms with Crippen LogP contribution >= 0.6 is 0 Å². The number of rotatable bonds is 1. The molecule has 0 fully saturated rings. The second-order valence-corrected chi connectivity index (χ2v) is 3.19. The lowest BCUT2D eigenvalue weighted by molar-refractivity contribution is 0.627. The lowest BCUT2D eigenvalue weighted by Crippen LogP contribution is -2.19. The first kappa shape index (κ1) is 11.9. The smallest absolute Gasteiger partial charge is 0.123 e. The van der Waals surface area contributed by atoms with Crippen molar-refractivity contribution in [2.45, 2.75) is 20.3 Å². The molecule has 0 saturated carbocycles. The summed E-state index contributed by atoms with van der Waals surface area (Å²) in [5, 5.41) is 3.25. The minimum Gasteiger partial charge on any atom is -0.313 e. The Kier molecular flexibility index (Phi) is 5.05. The molecule has 1 aromatic rings. The summed E-state index contributed by atoms with van der Waals surface area (Å²) in [6, 6.07) is 6.70. The van der Waals surface area contributed by atoms with Gasteiger partial charge in [-0.05, 0) is 36.2 Å². The molecule has 0 saturated heterocycles. The number of hydrogen-bond acceptors (Lipinski definition) is 1. The second-order valence-electron chi connectivity index (χ2n) is 3.19. The Bertz CT molecular complexity index is 314. The predicted octanol–water partition coefficient (Wildman–Crippen LogP) is 3.23. The van der Waals surface area contributed by atoms with E-state index < -0.39 is 0 Å². The van der Waals surface area contributed by atoms with Crippen molar-refractivity contribution in [3.63, 3.8) is 0 Å². The zero-order valence-corrected chi connectivity index (χ0v) is 9.39. The third-order valence-electron chi connectivity index (χ3n) is 2.28. The first-order valence-electron chi connectivity index (χ1n) is 5.52. The van der Waals surface area contributed by atoms with Gasteiger partial charge in [0.15, 0.2) is 0 Å². The molecule has 82 valence electrons. The molecule has 1 aromatic carbocycles. The van der Waals surface area contributed by atoms with E-state index in [0.717, 1.165) is 25.1 Å². The van der Waals surface area contributed by atoms with Crippen molar-refractivity contribution in [2.24, 2.45) is 0 Å². The van der Waals surface area contributed by atoms with Crippen LogP contribution in [-0.4, -0.2) is 13.1 Å². The molecule has 1 heterocycles. The van der Waals surface area contributed by atoms with Crippen LogP contribution in [0.4, 0.5) is 4.39 Å². The van der Waals surface area contributed by atoms with Crippen molar-refractivity contribution in [1.29, 1.82) is 0 Å². The third kappa shape index (κ3) is 3.48. The highest BCUT2D eigenvalue weighted by molar-refractivity contribution is 5.66. The summed E-state index contributed by atoms with van der Waals surface area (Å²) in [6.07, 6.45) is 3.20. The SMILES string of the molecule is CC.Fc1ccc(C2=CCNCC2)cc1. The lowest BCUT2D eigenvalue weighted by Gasteiger charge is -2.13. The quantitative estimate of drug-likeness (QED) is 0.745. The summed E-state index contributed by atoms with van der Waals surface area (Å²) in [7, 11) is 0. The summed E-state index contributed by atoms with van der Waals surface area (Å²) in [4.78, 5) is 0. The number of halogens is 1. The summed E-state index contributed by atoms with van der Waals surface area (Å²) in [5.41, 5.74) is 2.46. The standard InChI is InChI=1S/C11H12FN.C2H6/c12-11-3-1-9(2-4-11)10-5-7-13-8-6-10;1-2/h1-5,13H,6-8H2;1-2H3. The normalized spacial score (nSPS) is 15.0. The van der Waals surface area contributed by atoms with Crippen LogP contribution in [0.3, 0.4) is 0 Å². The molecule has 1 aliphatic rings. The zero-order chi connectivity index (χ0) is 11.1. The Morgan fingerprint density at radius 3 is 2.33 bits per heavy atom. The molecule has 0 radical (unpaired) electrons. The molecule has 2 heteroatoms. The zero-order valence-electron chi connectivity index (χ0n) is 9.39. The van der Waals surface area contributed by atoms with E-state index in [1.807, 2.05) is 26.0 Å². The van der Waals surface area contributed by atoms with Gasteiger partial charge in [0.05, 0.1) is 0 Å². The second kappa shape index (κ2) is 6.36. The molecule has 0 bridgehead atoms. The monoisotopic (exact) mass is 207 g/mol. The van der Waals surface area contributed by atoms with Crippen LogP contribution in [0.1, 0.15) is 25.8 Å². The maximum absolute atomic E-state index is 12.6. The number of hydrogen-bond donors (Lipinski definition) is 1. The first-order chi connectivity index (χ1) is 7.36. The van der Waals surface area contributed by atoms with Crippen LogP contribution < -0.4 is 5.32 Å². The lowest BCUT2D eigenvalue weighted by atomic mass is 10.0. The van der Waals surface area contributed by atoms with Crippen LogP contribution in [0.15, 0.2) is 30.3 Å². The van der Waals surface area contributed by atoms with E-state index in [1.165, 1.54) is 17.7 Å². The van der Waals surface area contributed by atoms with E-state index in [9.17, 15) is 4.39 Å². The maximum atomic E-state index is 12.6. The molecule has 0 atom stereocenters. The molecular weight excluding hydrogens is 189 g/mol. The molecule has 1 nitrogen and oxygen atoms in total. The fourth-order valence-corrected chi connectivity index (χ4v) is 1.55. The van der Waals surface area contributed by atoms with Crippen LogP contribution in [0.5, 0.6) is 0 Å². The van der Waals surface area contributed by atoms with Crippen molar-refractivity contribution >= 4 is 5.57 Å². The van der Waals surface area contributed by atoms with Gasteiger partial charge in [0.2, 0.25) is 0 Å². The Morgan fingerprint density at radius 2 is 1.80 bits per heavy atom. The summed E-state index contributed by atoms with van der Waals surface area (Å²) < 4.78 is 12.6. The molecule has 0 aliphatic carbocycles. The summed E-state index contributed by atoms with van der Waals surface area (Å²) >= 11 is 0. The first-order valence-corrected chi connectivity index (χ1v) is 5.52. The van der Waals surface area contributed by atoms with E-state index in [1.54, 1.807) is 0 Å². The van der Waals surface area contributed by atoms with Crippen LogP contribution in [0, 0.1) is 5.82 Å². The van der Waals surface area contributed by atoms with E-state index in [0.29, 0.717) is 0 Å².